The number of fused-ring (bicyclic) bond motifs is 1. The Morgan fingerprint density at radius 1 is 1.22 bits per heavy atom. The zero-order valence-electron chi connectivity index (χ0n) is 15.9. The van der Waals surface area contributed by atoms with E-state index in [-0.39, 0.29) is 23.4 Å². The summed E-state index contributed by atoms with van der Waals surface area (Å²) < 4.78 is 0.613. The van der Waals surface area contributed by atoms with Gasteiger partial charge in [-0.2, -0.15) is 0 Å². The number of aromatic amines is 1. The molecule has 1 amide bonds. The van der Waals surface area contributed by atoms with Crippen LogP contribution in [0.15, 0.2) is 45.4 Å². The van der Waals surface area contributed by atoms with Crippen molar-refractivity contribution in [1.82, 2.24) is 14.9 Å². The second-order valence-electron chi connectivity index (χ2n) is 7.46. The summed E-state index contributed by atoms with van der Waals surface area (Å²) in [5.74, 6) is 0.838. The van der Waals surface area contributed by atoms with Crippen molar-refractivity contribution in [3.8, 4) is 0 Å². The normalized spacial score (nSPS) is 11.7. The summed E-state index contributed by atoms with van der Waals surface area (Å²) in [7, 11) is 1.73. The van der Waals surface area contributed by atoms with Crippen molar-refractivity contribution in [3.05, 3.63) is 57.5 Å². The molecule has 0 bridgehead atoms. The van der Waals surface area contributed by atoms with Crippen molar-refractivity contribution in [2.75, 3.05) is 12.8 Å². The number of rotatable bonds is 5. The van der Waals surface area contributed by atoms with Gasteiger partial charge in [0.2, 0.25) is 5.91 Å². The molecule has 7 heteroatoms. The van der Waals surface area contributed by atoms with Crippen LogP contribution in [-0.2, 0) is 16.8 Å². The van der Waals surface area contributed by atoms with E-state index in [1.54, 1.807) is 11.9 Å². The molecule has 3 rings (SSSR count). The molecule has 0 saturated carbocycles. The van der Waals surface area contributed by atoms with Gasteiger partial charge in [0.15, 0.2) is 0 Å². The van der Waals surface area contributed by atoms with Gasteiger partial charge in [-0.1, -0.05) is 32.9 Å². The minimum atomic E-state index is -0.154. The molecule has 5 nitrogen and oxygen atoms in total. The van der Waals surface area contributed by atoms with Crippen LogP contribution in [-0.4, -0.2) is 33.6 Å². The van der Waals surface area contributed by atoms with Gasteiger partial charge in [-0.15, -0.1) is 23.1 Å². The summed E-state index contributed by atoms with van der Waals surface area (Å²) in [6, 6.07) is 10.2. The number of nitrogens with one attached hydrogen (secondary N) is 1. The largest absolute Gasteiger partial charge is 0.338 e. The van der Waals surface area contributed by atoms with Gasteiger partial charge < -0.3 is 9.88 Å². The Balaban J connectivity index is 1.59. The molecule has 0 aliphatic rings. The molecule has 0 aliphatic carbocycles. The number of hydrogen-bond donors (Lipinski definition) is 1. The first kappa shape index (κ1) is 19.6. The zero-order chi connectivity index (χ0) is 19.6. The van der Waals surface area contributed by atoms with Crippen LogP contribution in [0.3, 0.4) is 0 Å². The number of benzene rings is 1. The molecular formula is C20H23N3O2S2. The lowest BCUT2D eigenvalue weighted by Gasteiger charge is -2.19. The summed E-state index contributed by atoms with van der Waals surface area (Å²) in [4.78, 5) is 34.3. The fourth-order valence-electron chi connectivity index (χ4n) is 2.62. The van der Waals surface area contributed by atoms with Crippen LogP contribution >= 0.6 is 23.1 Å². The quantitative estimate of drug-likeness (QED) is 0.656. The van der Waals surface area contributed by atoms with E-state index in [1.165, 1.54) is 28.7 Å². The number of carbonyl (C=O) groups is 1. The van der Waals surface area contributed by atoms with E-state index in [0.717, 1.165) is 4.90 Å². The number of amides is 1. The second kappa shape index (κ2) is 7.86. The smallest absolute Gasteiger partial charge is 0.268 e. The van der Waals surface area contributed by atoms with Crippen LogP contribution in [0.25, 0.3) is 10.2 Å². The lowest BCUT2D eigenvalue weighted by molar-refractivity contribution is -0.127. The average Bonchev–Trinajstić information content (AvgIpc) is 3.08. The van der Waals surface area contributed by atoms with Crippen molar-refractivity contribution < 1.29 is 4.79 Å². The van der Waals surface area contributed by atoms with E-state index in [9.17, 15) is 9.59 Å². The predicted molar refractivity (Wildman–Crippen MR) is 113 cm³/mol. The van der Waals surface area contributed by atoms with Gasteiger partial charge in [0.25, 0.3) is 5.56 Å². The van der Waals surface area contributed by atoms with E-state index in [1.807, 2.05) is 11.4 Å². The average molecular weight is 402 g/mol. The Morgan fingerprint density at radius 2 is 1.93 bits per heavy atom. The first-order valence-corrected chi connectivity index (χ1v) is 10.5. The fourth-order valence-corrected chi connectivity index (χ4v) is 4.18. The zero-order valence-corrected chi connectivity index (χ0v) is 17.5. The molecule has 142 valence electrons. The summed E-state index contributed by atoms with van der Waals surface area (Å²) in [5, 5.41) is 1.84. The van der Waals surface area contributed by atoms with E-state index < -0.39 is 0 Å². The lowest BCUT2D eigenvalue weighted by atomic mass is 9.87. The fraction of sp³-hybridized carbons (Fsp3) is 0.350. The highest BCUT2D eigenvalue weighted by molar-refractivity contribution is 8.00. The Labute approximate surface area is 166 Å². The number of thiophene rings is 1. The molecule has 3 aromatic rings. The van der Waals surface area contributed by atoms with Gasteiger partial charge in [0.1, 0.15) is 10.5 Å². The monoisotopic (exact) mass is 401 g/mol. The third kappa shape index (κ3) is 4.78. The topological polar surface area (TPSA) is 66.1 Å². The van der Waals surface area contributed by atoms with Gasteiger partial charge >= 0.3 is 0 Å². The summed E-state index contributed by atoms with van der Waals surface area (Å²) in [6.45, 7) is 6.82. The molecule has 27 heavy (non-hydrogen) atoms. The molecule has 0 spiro atoms. The molecule has 0 unspecified atom stereocenters. The molecule has 1 N–H and O–H groups in total. The van der Waals surface area contributed by atoms with Crippen molar-refractivity contribution in [1.29, 1.82) is 0 Å². The first-order valence-electron chi connectivity index (χ1n) is 8.68. The third-order valence-electron chi connectivity index (χ3n) is 4.26. The molecule has 0 saturated heterocycles. The van der Waals surface area contributed by atoms with Crippen molar-refractivity contribution in [2.24, 2.45) is 0 Å². The predicted octanol–water partition coefficient (Wildman–Crippen LogP) is 4.03. The van der Waals surface area contributed by atoms with E-state index in [4.69, 9.17) is 0 Å². The maximum Gasteiger partial charge on any atom is 0.268 e. The Kier molecular flexibility index (Phi) is 5.72. The number of H-pyrrole nitrogens is 1. The molecular weight excluding hydrogens is 378 g/mol. The second-order valence-corrected chi connectivity index (χ2v) is 9.43. The molecule has 0 fully saturated rings. The van der Waals surface area contributed by atoms with E-state index in [2.05, 4.69) is 55.0 Å². The molecule has 2 aromatic heterocycles. The van der Waals surface area contributed by atoms with Crippen LogP contribution < -0.4 is 5.56 Å². The van der Waals surface area contributed by atoms with Crippen LogP contribution in [0, 0.1) is 0 Å². The van der Waals surface area contributed by atoms with Gasteiger partial charge in [0, 0.05) is 11.9 Å². The van der Waals surface area contributed by atoms with Crippen LogP contribution in [0.4, 0.5) is 0 Å². The third-order valence-corrected chi connectivity index (χ3v) is 6.16. The molecule has 0 atom stereocenters. The summed E-state index contributed by atoms with van der Waals surface area (Å²) in [5.41, 5.74) is 1.91. The summed E-state index contributed by atoms with van der Waals surface area (Å²) in [6.07, 6.45) is 0. The number of hydrogen-bond acceptors (Lipinski definition) is 5. The standard InChI is InChI=1S/C20H23N3O2S2/c1-20(2,3)13-5-7-14(8-6-13)27-12-17(24)23(4)11-16-21-15-9-10-26-18(15)19(25)22-16/h5-10H,11-12H2,1-4H3,(H,21,22,25). The minimum Gasteiger partial charge on any atom is -0.338 e. The van der Waals surface area contributed by atoms with Gasteiger partial charge in [-0.25, -0.2) is 4.98 Å². The van der Waals surface area contributed by atoms with Crippen molar-refractivity contribution in [3.63, 3.8) is 0 Å². The number of nitrogens with zero attached hydrogens (tertiary/aromatic N) is 2. The van der Waals surface area contributed by atoms with Crippen molar-refractivity contribution >= 4 is 39.2 Å². The molecule has 0 aliphatic heterocycles. The summed E-state index contributed by atoms with van der Waals surface area (Å²) >= 11 is 2.88. The van der Waals surface area contributed by atoms with Gasteiger partial charge in [0.05, 0.1) is 17.8 Å². The number of aromatic nitrogens is 2. The minimum absolute atomic E-state index is 0.00652. The van der Waals surface area contributed by atoms with Crippen LogP contribution in [0.2, 0.25) is 0 Å². The first-order chi connectivity index (χ1) is 12.7. The van der Waals surface area contributed by atoms with Crippen LogP contribution in [0.1, 0.15) is 32.2 Å². The Morgan fingerprint density at radius 3 is 2.59 bits per heavy atom. The highest BCUT2D eigenvalue weighted by atomic mass is 32.2. The maximum atomic E-state index is 12.4. The Hall–Kier alpha value is -2.12. The highest BCUT2D eigenvalue weighted by Crippen LogP contribution is 2.25. The van der Waals surface area contributed by atoms with Gasteiger partial charge in [-0.05, 0) is 34.6 Å². The molecule has 2 heterocycles. The Bertz CT molecular complexity index is 1000. The van der Waals surface area contributed by atoms with Crippen molar-refractivity contribution in [2.45, 2.75) is 37.6 Å². The van der Waals surface area contributed by atoms with Crippen LogP contribution in [0.5, 0.6) is 0 Å². The maximum absolute atomic E-state index is 12.4. The number of thioether (sulfide) groups is 1. The molecule has 0 radical (unpaired) electrons. The number of carbonyl (C=O) groups excluding carboxylic acids is 1. The lowest BCUT2D eigenvalue weighted by Crippen LogP contribution is -2.29. The highest BCUT2D eigenvalue weighted by Gasteiger charge is 2.15. The van der Waals surface area contributed by atoms with E-state index in [0.29, 0.717) is 21.8 Å². The van der Waals surface area contributed by atoms with E-state index >= 15 is 0 Å². The SMILES string of the molecule is CN(Cc1nc2ccsc2c(=O)[nH]1)C(=O)CSc1ccc(C(C)(C)C)cc1. The molecule has 1 aromatic carbocycles. The van der Waals surface area contributed by atoms with Gasteiger partial charge in [-0.3, -0.25) is 9.59 Å².